The van der Waals surface area contributed by atoms with Crippen molar-refractivity contribution in [3.63, 3.8) is 0 Å². The first kappa shape index (κ1) is 16.5. The van der Waals surface area contributed by atoms with Crippen LogP contribution in [0.25, 0.3) is 0 Å². The van der Waals surface area contributed by atoms with Gasteiger partial charge in [-0.2, -0.15) is 0 Å². The van der Waals surface area contributed by atoms with Crippen LogP contribution in [0.15, 0.2) is 24.3 Å². The van der Waals surface area contributed by atoms with E-state index in [9.17, 15) is 14.0 Å². The Balaban J connectivity index is 1.98. The third-order valence-electron chi connectivity index (χ3n) is 3.39. The summed E-state index contributed by atoms with van der Waals surface area (Å²) in [6, 6.07) is 5.01. The average Bonchev–Trinajstić information content (AvgIpc) is 2.97. The first-order valence-electron chi connectivity index (χ1n) is 6.77. The number of amides is 1. The molecule has 0 unspecified atom stereocenters. The highest BCUT2D eigenvalue weighted by Gasteiger charge is 2.22. The predicted molar refractivity (Wildman–Crippen MR) is 86.9 cm³/mol. The lowest BCUT2D eigenvalue weighted by atomic mass is 10.1. The summed E-state index contributed by atoms with van der Waals surface area (Å²) in [6.45, 7) is 1.38. The van der Waals surface area contributed by atoms with Gasteiger partial charge in [0.05, 0.1) is 21.3 Å². The third-order valence-corrected chi connectivity index (χ3v) is 4.00. The third kappa shape index (κ3) is 3.02. The van der Waals surface area contributed by atoms with E-state index in [0.717, 1.165) is 12.1 Å². The van der Waals surface area contributed by atoms with E-state index < -0.39 is 11.7 Å². The summed E-state index contributed by atoms with van der Waals surface area (Å²) in [4.78, 5) is 24.2. The Bertz CT molecular complexity index is 870. The molecule has 5 nitrogen and oxygen atoms in total. The topological polar surface area (TPSA) is 64.6 Å². The SMILES string of the molecule is CC(=O)c1cc2c(cc1NC(=O)c1cc(F)c(Cl)cc1Cl)OCO2. The summed E-state index contributed by atoms with van der Waals surface area (Å²) >= 11 is 11.6. The molecule has 124 valence electrons. The van der Waals surface area contributed by atoms with Crippen LogP contribution in [-0.2, 0) is 0 Å². The van der Waals surface area contributed by atoms with E-state index >= 15 is 0 Å². The van der Waals surface area contributed by atoms with Gasteiger partial charge in [-0.15, -0.1) is 0 Å². The Morgan fingerprint density at radius 2 is 1.71 bits per heavy atom. The molecular weight excluding hydrogens is 360 g/mol. The van der Waals surface area contributed by atoms with Crippen LogP contribution < -0.4 is 14.8 Å². The number of ketones is 1. The van der Waals surface area contributed by atoms with E-state index in [0.29, 0.717) is 11.5 Å². The van der Waals surface area contributed by atoms with Crippen LogP contribution in [0.3, 0.4) is 0 Å². The maximum absolute atomic E-state index is 13.6. The van der Waals surface area contributed by atoms with Crippen LogP contribution in [-0.4, -0.2) is 18.5 Å². The number of carbonyl (C=O) groups is 2. The van der Waals surface area contributed by atoms with Gasteiger partial charge in [0.25, 0.3) is 5.91 Å². The highest BCUT2D eigenvalue weighted by molar-refractivity contribution is 6.37. The van der Waals surface area contributed by atoms with Crippen molar-refractivity contribution in [1.29, 1.82) is 0 Å². The van der Waals surface area contributed by atoms with Crippen molar-refractivity contribution in [2.75, 3.05) is 12.1 Å². The average molecular weight is 370 g/mol. The van der Waals surface area contributed by atoms with Crippen LogP contribution in [0.4, 0.5) is 10.1 Å². The van der Waals surface area contributed by atoms with Crippen LogP contribution in [0, 0.1) is 5.82 Å². The Labute approximate surface area is 146 Å². The smallest absolute Gasteiger partial charge is 0.257 e. The van der Waals surface area contributed by atoms with Gasteiger partial charge in [0, 0.05) is 11.6 Å². The molecule has 2 aromatic carbocycles. The molecule has 1 heterocycles. The second kappa shape index (κ2) is 6.30. The van der Waals surface area contributed by atoms with Crippen LogP contribution in [0.1, 0.15) is 27.6 Å². The lowest BCUT2D eigenvalue weighted by molar-refractivity contribution is 0.101. The van der Waals surface area contributed by atoms with Crippen molar-refractivity contribution in [1.82, 2.24) is 0 Å². The molecule has 8 heteroatoms. The minimum atomic E-state index is -0.774. The van der Waals surface area contributed by atoms with Crippen molar-refractivity contribution in [3.8, 4) is 11.5 Å². The van der Waals surface area contributed by atoms with Crippen molar-refractivity contribution in [3.05, 3.63) is 51.3 Å². The number of fused-ring (bicyclic) bond motifs is 1. The molecule has 0 saturated heterocycles. The normalized spacial score (nSPS) is 12.2. The van der Waals surface area contributed by atoms with Crippen molar-refractivity contribution < 1.29 is 23.5 Å². The summed E-state index contributed by atoms with van der Waals surface area (Å²) in [5, 5.41) is 2.34. The van der Waals surface area contributed by atoms with Gasteiger partial charge >= 0.3 is 0 Å². The molecular formula is C16H10Cl2FNO4. The Morgan fingerprint density at radius 1 is 1.04 bits per heavy atom. The van der Waals surface area contributed by atoms with Crippen molar-refractivity contribution in [2.24, 2.45) is 0 Å². The molecule has 1 aliphatic rings. The fourth-order valence-electron chi connectivity index (χ4n) is 2.22. The summed E-state index contributed by atoms with van der Waals surface area (Å²) < 4.78 is 24.0. The molecule has 0 saturated carbocycles. The highest BCUT2D eigenvalue weighted by Crippen LogP contribution is 2.37. The number of nitrogens with one attached hydrogen (secondary N) is 1. The largest absolute Gasteiger partial charge is 0.454 e. The van der Waals surface area contributed by atoms with Gasteiger partial charge in [0.2, 0.25) is 6.79 Å². The molecule has 1 amide bonds. The molecule has 0 aliphatic carbocycles. The van der Waals surface area contributed by atoms with Gasteiger partial charge in [-0.1, -0.05) is 23.2 Å². The molecule has 0 aromatic heterocycles. The minimum Gasteiger partial charge on any atom is -0.454 e. The molecule has 0 fully saturated rings. The maximum atomic E-state index is 13.6. The number of rotatable bonds is 3. The highest BCUT2D eigenvalue weighted by atomic mass is 35.5. The second-order valence-corrected chi connectivity index (χ2v) is 5.82. The maximum Gasteiger partial charge on any atom is 0.257 e. The van der Waals surface area contributed by atoms with E-state index in [1.165, 1.54) is 19.1 Å². The fourth-order valence-corrected chi connectivity index (χ4v) is 2.69. The van der Waals surface area contributed by atoms with E-state index in [-0.39, 0.29) is 39.4 Å². The van der Waals surface area contributed by atoms with Crippen LogP contribution in [0.5, 0.6) is 11.5 Å². The number of hydrogen-bond acceptors (Lipinski definition) is 4. The molecule has 1 N–H and O–H groups in total. The van der Waals surface area contributed by atoms with Crippen LogP contribution in [0.2, 0.25) is 10.0 Å². The summed E-state index contributed by atoms with van der Waals surface area (Å²) in [6.07, 6.45) is 0. The standard InChI is InChI=1S/C16H10Cl2FNO4/c1-7(21)8-3-14-15(24-6-23-14)5-13(8)20-16(22)9-2-12(19)11(18)4-10(9)17/h2-5H,6H2,1H3,(H,20,22). The summed E-state index contributed by atoms with van der Waals surface area (Å²) in [7, 11) is 0. The van der Waals surface area contributed by atoms with E-state index in [2.05, 4.69) is 5.32 Å². The lowest BCUT2D eigenvalue weighted by Crippen LogP contribution is -2.15. The number of carbonyl (C=O) groups excluding carboxylic acids is 2. The Kier molecular flexibility index (Phi) is 4.34. The Morgan fingerprint density at radius 3 is 2.38 bits per heavy atom. The molecule has 0 radical (unpaired) electrons. The van der Waals surface area contributed by atoms with Crippen molar-refractivity contribution >= 4 is 40.6 Å². The monoisotopic (exact) mass is 369 g/mol. The molecule has 1 aliphatic heterocycles. The quantitative estimate of drug-likeness (QED) is 0.646. The molecule has 0 atom stereocenters. The second-order valence-electron chi connectivity index (χ2n) is 5.01. The fraction of sp³-hybridized carbons (Fsp3) is 0.125. The number of hydrogen-bond donors (Lipinski definition) is 1. The number of anilines is 1. The number of benzene rings is 2. The van der Waals surface area contributed by atoms with Crippen molar-refractivity contribution in [2.45, 2.75) is 6.92 Å². The van der Waals surface area contributed by atoms with Gasteiger partial charge in [0.1, 0.15) is 5.82 Å². The van der Waals surface area contributed by atoms with Gasteiger partial charge in [-0.3, -0.25) is 9.59 Å². The molecule has 0 spiro atoms. The van der Waals surface area contributed by atoms with Crippen LogP contribution >= 0.6 is 23.2 Å². The summed E-state index contributed by atoms with van der Waals surface area (Å²) in [5.74, 6) is -0.935. The molecule has 24 heavy (non-hydrogen) atoms. The minimum absolute atomic E-state index is 0.0102. The van der Waals surface area contributed by atoms with E-state index in [4.69, 9.17) is 32.7 Å². The first-order valence-corrected chi connectivity index (χ1v) is 7.53. The number of Topliss-reactive ketones (excluding diaryl/α,β-unsaturated/α-hetero) is 1. The Hall–Kier alpha value is -2.31. The predicted octanol–water partition coefficient (Wildman–Crippen LogP) is 4.32. The summed E-state index contributed by atoms with van der Waals surface area (Å²) in [5.41, 5.74) is 0.340. The molecule has 0 bridgehead atoms. The molecule has 3 rings (SSSR count). The molecule has 2 aromatic rings. The zero-order valence-corrected chi connectivity index (χ0v) is 13.8. The lowest BCUT2D eigenvalue weighted by Gasteiger charge is -2.12. The van der Waals surface area contributed by atoms with Gasteiger partial charge in [-0.05, 0) is 25.1 Å². The van der Waals surface area contributed by atoms with Gasteiger partial charge < -0.3 is 14.8 Å². The number of halogens is 3. The van der Waals surface area contributed by atoms with E-state index in [1.807, 2.05) is 0 Å². The first-order chi connectivity index (χ1) is 11.4. The van der Waals surface area contributed by atoms with Gasteiger partial charge in [-0.25, -0.2) is 4.39 Å². The number of ether oxygens (including phenoxy) is 2. The van der Waals surface area contributed by atoms with E-state index in [1.54, 1.807) is 0 Å². The zero-order valence-electron chi connectivity index (χ0n) is 12.3. The van der Waals surface area contributed by atoms with Gasteiger partial charge in [0.15, 0.2) is 17.3 Å². The zero-order chi connectivity index (χ0) is 17.4.